The van der Waals surface area contributed by atoms with E-state index in [1.807, 2.05) is 0 Å². The van der Waals surface area contributed by atoms with Gasteiger partial charge in [-0.05, 0) is 13.8 Å². The van der Waals surface area contributed by atoms with Gasteiger partial charge in [-0.25, -0.2) is 4.79 Å². The van der Waals surface area contributed by atoms with Gasteiger partial charge >= 0.3 is 11.9 Å². The van der Waals surface area contributed by atoms with Crippen molar-refractivity contribution in [1.82, 2.24) is 10.2 Å². The highest BCUT2D eigenvalue weighted by molar-refractivity contribution is 5.79. The first kappa shape index (κ1) is 15.9. The summed E-state index contributed by atoms with van der Waals surface area (Å²) >= 11 is 0. The van der Waals surface area contributed by atoms with E-state index in [9.17, 15) is 14.7 Å². The van der Waals surface area contributed by atoms with Crippen LogP contribution in [0.2, 0.25) is 0 Å². The number of carbonyl (C=O) groups is 2. The lowest BCUT2D eigenvalue weighted by Crippen LogP contribution is -2.60. The van der Waals surface area contributed by atoms with Gasteiger partial charge in [-0.15, -0.1) is 0 Å². The third-order valence-corrected chi connectivity index (χ3v) is 3.05. The average molecular weight is 274 g/mol. The Morgan fingerprint density at radius 2 is 2.21 bits per heavy atom. The van der Waals surface area contributed by atoms with Crippen molar-refractivity contribution in [3.05, 3.63) is 0 Å². The van der Waals surface area contributed by atoms with Crippen LogP contribution in [0.5, 0.6) is 0 Å². The molecule has 0 aromatic rings. The summed E-state index contributed by atoms with van der Waals surface area (Å²) in [6.07, 6.45) is 0. The number of piperazine rings is 1. The molecular formula is C12H22N2O5. The van der Waals surface area contributed by atoms with Crippen molar-refractivity contribution in [2.45, 2.75) is 25.5 Å². The molecule has 0 aromatic heterocycles. The maximum atomic E-state index is 11.8. The molecule has 1 fully saturated rings. The van der Waals surface area contributed by atoms with Crippen LogP contribution in [-0.4, -0.2) is 73.5 Å². The summed E-state index contributed by atoms with van der Waals surface area (Å²) < 4.78 is 9.55. The highest BCUT2D eigenvalue weighted by atomic mass is 16.5. The standard InChI is InChI=1S/C12H22N2O5/c1-4-19-10(15)9-7-13-5-6-14(9)8-12(2,17)11(16)18-3/h9,13,17H,4-8H2,1-3H3. The lowest BCUT2D eigenvalue weighted by Gasteiger charge is -2.37. The van der Waals surface area contributed by atoms with Crippen molar-refractivity contribution in [3.8, 4) is 0 Å². The van der Waals surface area contributed by atoms with Gasteiger partial charge < -0.3 is 19.9 Å². The number of hydrogen-bond acceptors (Lipinski definition) is 7. The Kier molecular flexibility index (Phi) is 5.71. The molecular weight excluding hydrogens is 252 g/mol. The maximum Gasteiger partial charge on any atom is 0.338 e. The monoisotopic (exact) mass is 274 g/mol. The quantitative estimate of drug-likeness (QED) is 0.605. The average Bonchev–Trinajstić information content (AvgIpc) is 2.38. The van der Waals surface area contributed by atoms with Crippen molar-refractivity contribution in [3.63, 3.8) is 0 Å². The zero-order chi connectivity index (χ0) is 14.5. The molecule has 19 heavy (non-hydrogen) atoms. The molecule has 0 spiro atoms. The van der Waals surface area contributed by atoms with Crippen molar-refractivity contribution in [2.24, 2.45) is 0 Å². The Labute approximate surface area is 112 Å². The van der Waals surface area contributed by atoms with Gasteiger partial charge in [-0.1, -0.05) is 0 Å². The number of nitrogens with zero attached hydrogens (tertiary/aromatic N) is 1. The summed E-state index contributed by atoms with van der Waals surface area (Å²) in [6.45, 7) is 5.13. The molecule has 2 N–H and O–H groups in total. The lowest BCUT2D eigenvalue weighted by molar-refractivity contribution is -0.166. The molecule has 0 radical (unpaired) electrons. The van der Waals surface area contributed by atoms with Gasteiger partial charge in [-0.3, -0.25) is 9.69 Å². The summed E-state index contributed by atoms with van der Waals surface area (Å²) in [4.78, 5) is 25.1. The summed E-state index contributed by atoms with van der Waals surface area (Å²) in [5, 5.41) is 13.2. The summed E-state index contributed by atoms with van der Waals surface area (Å²) in [7, 11) is 1.22. The largest absolute Gasteiger partial charge is 0.467 e. The van der Waals surface area contributed by atoms with E-state index in [-0.39, 0.29) is 12.5 Å². The van der Waals surface area contributed by atoms with Crippen molar-refractivity contribution >= 4 is 11.9 Å². The zero-order valence-electron chi connectivity index (χ0n) is 11.6. The molecule has 0 bridgehead atoms. The zero-order valence-corrected chi connectivity index (χ0v) is 11.6. The number of rotatable bonds is 5. The van der Waals surface area contributed by atoms with Crippen LogP contribution in [0.15, 0.2) is 0 Å². The highest BCUT2D eigenvalue weighted by Gasteiger charge is 2.39. The van der Waals surface area contributed by atoms with Crippen LogP contribution in [-0.2, 0) is 19.1 Å². The normalized spacial score (nSPS) is 23.5. The van der Waals surface area contributed by atoms with E-state index < -0.39 is 17.6 Å². The van der Waals surface area contributed by atoms with E-state index in [2.05, 4.69) is 10.1 Å². The van der Waals surface area contributed by atoms with Crippen LogP contribution >= 0.6 is 0 Å². The smallest absolute Gasteiger partial charge is 0.338 e. The second kappa shape index (κ2) is 6.83. The van der Waals surface area contributed by atoms with Crippen LogP contribution in [0, 0.1) is 0 Å². The predicted octanol–water partition coefficient (Wildman–Crippen LogP) is -1.25. The van der Waals surface area contributed by atoms with Crippen LogP contribution in [0.1, 0.15) is 13.8 Å². The molecule has 0 saturated carbocycles. The fourth-order valence-corrected chi connectivity index (χ4v) is 2.09. The molecule has 1 aliphatic heterocycles. The number of nitrogens with one attached hydrogen (secondary N) is 1. The van der Waals surface area contributed by atoms with Crippen LogP contribution in [0.4, 0.5) is 0 Å². The molecule has 0 aliphatic carbocycles. The number of β-amino-alcohol motifs (C(OH)–C–C–N with tert-alkyl or cyclic N) is 1. The SMILES string of the molecule is CCOC(=O)C1CNCCN1CC(C)(O)C(=O)OC. The first-order chi connectivity index (χ1) is 8.92. The molecule has 7 heteroatoms. The third-order valence-electron chi connectivity index (χ3n) is 3.05. The highest BCUT2D eigenvalue weighted by Crippen LogP contribution is 2.14. The van der Waals surface area contributed by atoms with Gasteiger partial charge in [-0.2, -0.15) is 0 Å². The van der Waals surface area contributed by atoms with E-state index in [1.54, 1.807) is 11.8 Å². The topological polar surface area (TPSA) is 88.1 Å². The van der Waals surface area contributed by atoms with E-state index in [0.29, 0.717) is 26.2 Å². The lowest BCUT2D eigenvalue weighted by atomic mass is 10.0. The number of methoxy groups -OCH3 is 1. The van der Waals surface area contributed by atoms with Crippen molar-refractivity contribution in [1.29, 1.82) is 0 Å². The number of esters is 2. The maximum absolute atomic E-state index is 11.8. The van der Waals surface area contributed by atoms with E-state index in [1.165, 1.54) is 14.0 Å². The Bertz CT molecular complexity index is 332. The number of aliphatic hydroxyl groups is 1. The molecule has 1 aliphatic rings. The fraction of sp³-hybridized carbons (Fsp3) is 0.833. The van der Waals surface area contributed by atoms with E-state index in [0.717, 1.165) is 0 Å². The van der Waals surface area contributed by atoms with Crippen LogP contribution < -0.4 is 5.32 Å². The second-order valence-corrected chi connectivity index (χ2v) is 4.71. The summed E-state index contributed by atoms with van der Waals surface area (Å²) in [5.74, 6) is -1.07. The summed E-state index contributed by atoms with van der Waals surface area (Å²) in [6, 6.07) is -0.496. The molecule has 2 unspecified atom stereocenters. The second-order valence-electron chi connectivity index (χ2n) is 4.71. The van der Waals surface area contributed by atoms with E-state index in [4.69, 9.17) is 4.74 Å². The molecule has 110 valence electrons. The Hall–Kier alpha value is -1.18. The minimum absolute atomic E-state index is 0.0326. The molecule has 7 nitrogen and oxygen atoms in total. The molecule has 1 rings (SSSR count). The van der Waals surface area contributed by atoms with Gasteiger partial charge in [0.2, 0.25) is 0 Å². The third kappa shape index (κ3) is 4.15. The minimum atomic E-state index is -1.64. The fourth-order valence-electron chi connectivity index (χ4n) is 2.09. The van der Waals surface area contributed by atoms with Gasteiger partial charge in [0.25, 0.3) is 0 Å². The number of ether oxygens (including phenoxy) is 2. The molecule has 2 atom stereocenters. The van der Waals surface area contributed by atoms with Gasteiger partial charge in [0, 0.05) is 26.2 Å². The molecule has 0 aromatic carbocycles. The Morgan fingerprint density at radius 3 is 2.79 bits per heavy atom. The molecule has 1 saturated heterocycles. The van der Waals surface area contributed by atoms with Crippen molar-refractivity contribution in [2.75, 3.05) is 39.9 Å². The van der Waals surface area contributed by atoms with E-state index >= 15 is 0 Å². The Morgan fingerprint density at radius 1 is 1.53 bits per heavy atom. The van der Waals surface area contributed by atoms with Crippen molar-refractivity contribution < 1.29 is 24.2 Å². The first-order valence-corrected chi connectivity index (χ1v) is 6.34. The minimum Gasteiger partial charge on any atom is -0.467 e. The number of hydrogen-bond donors (Lipinski definition) is 2. The van der Waals surface area contributed by atoms with Gasteiger partial charge in [0.15, 0.2) is 5.60 Å². The van der Waals surface area contributed by atoms with Gasteiger partial charge in [0.1, 0.15) is 6.04 Å². The first-order valence-electron chi connectivity index (χ1n) is 6.34. The van der Waals surface area contributed by atoms with Gasteiger partial charge in [0.05, 0.1) is 13.7 Å². The van der Waals surface area contributed by atoms with Crippen LogP contribution in [0.3, 0.4) is 0 Å². The molecule has 1 heterocycles. The van der Waals surface area contributed by atoms with Crippen LogP contribution in [0.25, 0.3) is 0 Å². The Balaban J connectivity index is 2.72. The predicted molar refractivity (Wildman–Crippen MR) is 67.5 cm³/mol. The summed E-state index contributed by atoms with van der Waals surface area (Å²) in [5.41, 5.74) is -1.64. The number of carbonyl (C=O) groups excluding carboxylic acids is 2. The molecule has 0 amide bonds.